The van der Waals surface area contributed by atoms with Crippen molar-refractivity contribution < 1.29 is 42.6 Å². The Morgan fingerprint density at radius 3 is 2.44 bits per heavy atom. The summed E-state index contributed by atoms with van der Waals surface area (Å²) in [7, 11) is -5.78. The number of carbonyl (C=O) groups is 3. The van der Waals surface area contributed by atoms with Crippen molar-refractivity contribution in [3.63, 3.8) is 0 Å². The lowest BCUT2D eigenvalue weighted by molar-refractivity contribution is -0.136. The van der Waals surface area contributed by atoms with Crippen molar-refractivity contribution in [1.82, 2.24) is 15.1 Å². The van der Waals surface area contributed by atoms with Crippen molar-refractivity contribution in [2.75, 3.05) is 18.4 Å². The van der Waals surface area contributed by atoms with E-state index < -0.39 is 43.0 Å². The Morgan fingerprint density at radius 1 is 1.05 bits per heavy atom. The molecule has 15 heteroatoms. The van der Waals surface area contributed by atoms with Crippen LogP contribution in [0.4, 0.5) is 14.5 Å². The van der Waals surface area contributed by atoms with Gasteiger partial charge in [0.05, 0.1) is 17.0 Å². The number of hydrogen-bond acceptors (Lipinski definition) is 7. The SMILES string of the molecule is CC(=O)N1CC[C@H]2CC[C@@H](C(=O)Nc3ccccc3)N2C(O)C(NC(=O)c2cc3cc(C(F)(F)P(=O)(O)O)ccc3s2)C1. The van der Waals surface area contributed by atoms with Crippen LogP contribution in [0.3, 0.4) is 0 Å². The number of fused-ring (bicyclic) bond motifs is 2. The van der Waals surface area contributed by atoms with E-state index in [1.165, 1.54) is 24.0 Å². The number of nitrogens with zero attached hydrogens (tertiary/aromatic N) is 2. The summed E-state index contributed by atoms with van der Waals surface area (Å²) in [5.74, 6) is -1.18. The number of aliphatic hydroxyl groups is 1. The van der Waals surface area contributed by atoms with Crippen LogP contribution in [0.5, 0.6) is 0 Å². The first-order valence-electron chi connectivity index (χ1n) is 13.6. The van der Waals surface area contributed by atoms with Crippen LogP contribution in [0.15, 0.2) is 54.6 Å². The zero-order valence-electron chi connectivity index (χ0n) is 23.0. The Morgan fingerprint density at radius 2 is 1.77 bits per heavy atom. The third-order valence-electron chi connectivity index (χ3n) is 7.93. The lowest BCUT2D eigenvalue weighted by atomic mass is 10.1. The molecule has 2 aliphatic rings. The van der Waals surface area contributed by atoms with E-state index >= 15 is 0 Å². The Hall–Kier alpha value is -3.26. The van der Waals surface area contributed by atoms with Gasteiger partial charge in [0.1, 0.15) is 6.23 Å². The van der Waals surface area contributed by atoms with E-state index in [0.29, 0.717) is 36.2 Å². The second kappa shape index (κ2) is 12.0. The average Bonchev–Trinajstić information content (AvgIpc) is 3.57. The number of aliphatic hydroxyl groups excluding tert-OH is 1. The van der Waals surface area contributed by atoms with Crippen LogP contribution < -0.4 is 10.6 Å². The van der Waals surface area contributed by atoms with Crippen molar-refractivity contribution in [3.05, 3.63) is 65.0 Å². The van der Waals surface area contributed by atoms with Gasteiger partial charge in [0.25, 0.3) is 5.91 Å². The number of anilines is 1. The zero-order chi connectivity index (χ0) is 31.1. The standard InChI is InChI=1S/C28H31F2N4O7PS/c1-16(35)33-12-11-20-8-9-22(25(36)31-19-5-3-2-4-6-19)34(20)27(38)21(15-33)32-26(37)24-14-17-13-18(7-10-23(17)43-24)28(29,30)42(39,40)41/h2-7,10,13-14,20-22,27,38H,8-9,11-12,15H2,1H3,(H,31,36)(H,32,37)(H2,39,40,41)/t20-,21?,22+,27?/m1/s1. The fraction of sp³-hybridized carbons (Fsp3) is 0.393. The minimum absolute atomic E-state index is 0.0258. The first-order valence-corrected chi connectivity index (χ1v) is 16.0. The van der Waals surface area contributed by atoms with Gasteiger partial charge in [0.2, 0.25) is 11.8 Å². The Kier molecular flexibility index (Phi) is 8.72. The number of para-hydroxylation sites is 1. The Labute approximate surface area is 249 Å². The molecule has 3 heterocycles. The smallest absolute Gasteiger partial charge is 0.376 e. The maximum atomic E-state index is 14.3. The minimum atomic E-state index is -5.78. The van der Waals surface area contributed by atoms with E-state index in [1.54, 1.807) is 29.2 Å². The number of benzene rings is 2. The van der Waals surface area contributed by atoms with Gasteiger partial charge in [-0.15, -0.1) is 11.3 Å². The van der Waals surface area contributed by atoms with Gasteiger partial charge in [-0.25, -0.2) is 0 Å². The van der Waals surface area contributed by atoms with Crippen LogP contribution in [-0.2, 0) is 19.8 Å². The summed E-state index contributed by atoms with van der Waals surface area (Å²) in [5, 5.41) is 17.4. The molecule has 3 amide bonds. The molecule has 3 aromatic rings. The molecule has 2 unspecified atom stereocenters. The van der Waals surface area contributed by atoms with Crippen LogP contribution in [0.25, 0.3) is 10.1 Å². The number of amides is 3. The summed E-state index contributed by atoms with van der Waals surface area (Å²) >= 11 is 0.974. The fourth-order valence-corrected chi connectivity index (χ4v) is 7.12. The molecule has 0 spiro atoms. The quantitative estimate of drug-likeness (QED) is 0.258. The van der Waals surface area contributed by atoms with Gasteiger partial charge < -0.3 is 30.4 Å². The van der Waals surface area contributed by atoms with Crippen LogP contribution in [0.2, 0.25) is 0 Å². The number of carbonyl (C=O) groups excluding carboxylic acids is 3. The highest BCUT2D eigenvalue weighted by molar-refractivity contribution is 7.52. The summed E-state index contributed by atoms with van der Waals surface area (Å²) in [4.78, 5) is 60.6. The maximum Gasteiger partial charge on any atom is 0.399 e. The molecule has 5 rings (SSSR count). The largest absolute Gasteiger partial charge is 0.399 e. The molecule has 2 aromatic carbocycles. The molecular weight excluding hydrogens is 605 g/mol. The zero-order valence-corrected chi connectivity index (χ0v) is 24.7. The number of thiophene rings is 1. The highest BCUT2D eigenvalue weighted by Gasteiger charge is 2.50. The van der Waals surface area contributed by atoms with Crippen molar-refractivity contribution in [2.24, 2.45) is 0 Å². The molecule has 2 aliphatic heterocycles. The molecular formula is C28H31F2N4O7PS. The third kappa shape index (κ3) is 6.35. The number of halogens is 2. The van der Waals surface area contributed by atoms with Crippen molar-refractivity contribution in [2.45, 2.75) is 56.2 Å². The summed E-state index contributed by atoms with van der Waals surface area (Å²) in [6.45, 7) is 1.73. The predicted octanol–water partition coefficient (Wildman–Crippen LogP) is 3.27. The molecule has 4 atom stereocenters. The van der Waals surface area contributed by atoms with Crippen LogP contribution in [-0.4, -0.2) is 79.9 Å². The fourth-order valence-electron chi connectivity index (χ4n) is 5.70. The lowest BCUT2D eigenvalue weighted by Gasteiger charge is -2.42. The number of rotatable bonds is 6. The monoisotopic (exact) mass is 636 g/mol. The second-order valence-electron chi connectivity index (χ2n) is 10.7. The van der Waals surface area contributed by atoms with Crippen LogP contribution in [0.1, 0.15) is 41.4 Å². The average molecular weight is 637 g/mol. The molecule has 43 heavy (non-hydrogen) atoms. The van der Waals surface area contributed by atoms with E-state index in [9.17, 15) is 32.8 Å². The van der Waals surface area contributed by atoms with Crippen molar-refractivity contribution in [1.29, 1.82) is 0 Å². The first-order chi connectivity index (χ1) is 20.3. The first kappa shape index (κ1) is 31.2. The van der Waals surface area contributed by atoms with Gasteiger partial charge >= 0.3 is 13.3 Å². The molecule has 2 fully saturated rings. The van der Waals surface area contributed by atoms with Crippen LogP contribution in [0, 0.1) is 0 Å². The lowest BCUT2D eigenvalue weighted by Crippen LogP contribution is -2.62. The van der Waals surface area contributed by atoms with Crippen molar-refractivity contribution in [3.8, 4) is 0 Å². The molecule has 5 N–H and O–H groups in total. The summed E-state index contributed by atoms with van der Waals surface area (Å²) in [6.07, 6.45) is 0.283. The molecule has 230 valence electrons. The van der Waals surface area contributed by atoms with Crippen LogP contribution >= 0.6 is 18.9 Å². The van der Waals surface area contributed by atoms with Crippen molar-refractivity contribution >= 4 is 52.4 Å². The summed E-state index contributed by atoms with van der Waals surface area (Å²) in [5.41, 5.74) is -4.68. The van der Waals surface area contributed by atoms with E-state index in [0.717, 1.165) is 23.5 Å². The summed E-state index contributed by atoms with van der Waals surface area (Å²) < 4.78 is 40.3. The topological polar surface area (TPSA) is 160 Å². The molecule has 11 nitrogen and oxygen atoms in total. The number of hydrogen-bond donors (Lipinski definition) is 5. The minimum Gasteiger partial charge on any atom is -0.376 e. The normalized spacial score (nSPS) is 23.3. The third-order valence-corrected chi connectivity index (χ3v) is 10.0. The second-order valence-corrected chi connectivity index (χ2v) is 13.5. The van der Waals surface area contributed by atoms with E-state index in [1.807, 2.05) is 6.07 Å². The molecule has 1 aromatic heterocycles. The molecule has 0 aliphatic carbocycles. The summed E-state index contributed by atoms with van der Waals surface area (Å²) in [6, 6.07) is 11.4. The highest BCUT2D eigenvalue weighted by Crippen LogP contribution is 2.59. The Balaban J connectivity index is 1.39. The van der Waals surface area contributed by atoms with Gasteiger partial charge in [-0.2, -0.15) is 8.78 Å². The van der Waals surface area contributed by atoms with Gasteiger partial charge in [-0.3, -0.25) is 23.8 Å². The predicted molar refractivity (Wildman–Crippen MR) is 156 cm³/mol. The molecule has 0 bridgehead atoms. The molecule has 0 radical (unpaired) electrons. The number of nitrogens with one attached hydrogen (secondary N) is 2. The number of alkyl halides is 2. The molecule has 2 saturated heterocycles. The van der Waals surface area contributed by atoms with Gasteiger partial charge in [0, 0.05) is 42.0 Å². The van der Waals surface area contributed by atoms with Gasteiger partial charge in [-0.1, -0.05) is 24.3 Å². The van der Waals surface area contributed by atoms with Gasteiger partial charge in [-0.05, 0) is 55.0 Å². The molecule has 0 saturated carbocycles. The van der Waals surface area contributed by atoms with E-state index in [4.69, 9.17) is 9.79 Å². The Bertz CT molecular complexity index is 1580. The van der Waals surface area contributed by atoms with E-state index in [-0.39, 0.29) is 34.7 Å². The maximum absolute atomic E-state index is 14.3. The van der Waals surface area contributed by atoms with E-state index in [2.05, 4.69) is 10.6 Å². The van der Waals surface area contributed by atoms with Gasteiger partial charge in [0.15, 0.2) is 0 Å². The highest BCUT2D eigenvalue weighted by atomic mass is 32.1.